The zero-order chi connectivity index (χ0) is 17.6. The summed E-state index contributed by atoms with van der Waals surface area (Å²) in [5.74, 6) is 3.13. The van der Waals surface area contributed by atoms with Crippen LogP contribution in [0.3, 0.4) is 0 Å². The van der Waals surface area contributed by atoms with Crippen molar-refractivity contribution in [1.82, 2.24) is 0 Å². The minimum absolute atomic E-state index is 0.0611. The predicted octanol–water partition coefficient (Wildman–Crippen LogP) is 4.82. The molecule has 25 heavy (non-hydrogen) atoms. The molecule has 4 nitrogen and oxygen atoms in total. The van der Waals surface area contributed by atoms with Crippen LogP contribution < -0.4 is 4.74 Å². The average molecular weight is 329 g/mol. The van der Waals surface area contributed by atoms with Crippen LogP contribution in [-0.2, 0) is 6.61 Å². The highest BCUT2D eigenvalue weighted by Crippen LogP contribution is 2.27. The minimum Gasteiger partial charge on any atom is -0.489 e. The Morgan fingerprint density at radius 1 is 0.960 bits per heavy atom. The number of hydrogen-bond acceptors (Lipinski definition) is 3. The first-order valence-corrected chi connectivity index (χ1v) is 7.69. The molecule has 3 rings (SSSR count). The molecular formula is C21H15NO3. The fourth-order valence-corrected chi connectivity index (χ4v) is 2.47. The van der Waals surface area contributed by atoms with E-state index in [1.807, 2.05) is 54.6 Å². The van der Waals surface area contributed by atoms with E-state index in [0.717, 1.165) is 22.4 Å². The normalized spacial score (nSPS) is 10.0. The molecule has 0 radical (unpaired) electrons. The Morgan fingerprint density at radius 2 is 1.64 bits per heavy atom. The number of terminal acetylenes is 1. The van der Waals surface area contributed by atoms with E-state index in [2.05, 4.69) is 5.92 Å². The van der Waals surface area contributed by atoms with Crippen LogP contribution >= 0.6 is 0 Å². The van der Waals surface area contributed by atoms with Gasteiger partial charge in [0.1, 0.15) is 17.9 Å². The number of nitro groups is 1. The predicted molar refractivity (Wildman–Crippen MR) is 97.2 cm³/mol. The van der Waals surface area contributed by atoms with Crippen molar-refractivity contribution < 1.29 is 9.66 Å². The number of hydrogen-bond donors (Lipinski definition) is 0. The van der Waals surface area contributed by atoms with Gasteiger partial charge >= 0.3 is 0 Å². The maximum atomic E-state index is 11.0. The third-order valence-electron chi connectivity index (χ3n) is 3.78. The molecule has 0 fully saturated rings. The molecule has 0 saturated carbocycles. The topological polar surface area (TPSA) is 52.4 Å². The van der Waals surface area contributed by atoms with Crippen LogP contribution in [0, 0.1) is 22.5 Å². The molecule has 0 aliphatic heterocycles. The Labute approximate surface area is 145 Å². The zero-order valence-corrected chi connectivity index (χ0v) is 13.4. The largest absolute Gasteiger partial charge is 0.489 e. The molecule has 0 N–H and O–H groups in total. The smallest absolute Gasteiger partial charge is 0.284 e. The summed E-state index contributed by atoms with van der Waals surface area (Å²) in [6, 6.07) is 22.3. The lowest BCUT2D eigenvalue weighted by molar-refractivity contribution is -0.385. The molecule has 4 heteroatoms. The van der Waals surface area contributed by atoms with E-state index in [-0.39, 0.29) is 11.3 Å². The summed E-state index contributed by atoms with van der Waals surface area (Å²) in [5, 5.41) is 11.0. The van der Waals surface area contributed by atoms with Gasteiger partial charge in [0.05, 0.1) is 4.92 Å². The second-order valence-corrected chi connectivity index (χ2v) is 5.43. The van der Waals surface area contributed by atoms with Gasteiger partial charge in [-0.15, -0.1) is 6.42 Å². The lowest BCUT2D eigenvalue weighted by Gasteiger charge is -2.08. The Bertz CT molecular complexity index is 926. The minimum atomic E-state index is -0.473. The quantitative estimate of drug-likeness (QED) is 0.383. The van der Waals surface area contributed by atoms with Crippen molar-refractivity contribution in [3.8, 4) is 29.2 Å². The summed E-state index contributed by atoms with van der Waals surface area (Å²) in [4.78, 5) is 10.5. The van der Waals surface area contributed by atoms with Crippen molar-refractivity contribution >= 4 is 5.69 Å². The van der Waals surface area contributed by atoms with Crippen molar-refractivity contribution in [3.63, 3.8) is 0 Å². The third kappa shape index (κ3) is 3.85. The highest BCUT2D eigenvalue weighted by atomic mass is 16.6. The fourth-order valence-electron chi connectivity index (χ4n) is 2.47. The van der Waals surface area contributed by atoms with E-state index in [1.165, 1.54) is 6.07 Å². The molecule has 122 valence electrons. The summed E-state index contributed by atoms with van der Waals surface area (Å²) < 4.78 is 5.76. The van der Waals surface area contributed by atoms with Crippen LogP contribution in [0.4, 0.5) is 5.69 Å². The zero-order valence-electron chi connectivity index (χ0n) is 13.4. The van der Waals surface area contributed by atoms with Gasteiger partial charge in [0.2, 0.25) is 0 Å². The van der Waals surface area contributed by atoms with Gasteiger partial charge < -0.3 is 4.74 Å². The highest BCUT2D eigenvalue weighted by molar-refractivity contribution is 5.69. The number of ether oxygens (including phenoxy) is 1. The van der Waals surface area contributed by atoms with Crippen LogP contribution in [0.15, 0.2) is 72.8 Å². The Kier molecular flexibility index (Phi) is 4.77. The van der Waals surface area contributed by atoms with E-state index in [9.17, 15) is 10.1 Å². The fraction of sp³-hybridized carbons (Fsp3) is 0.0476. The molecule has 3 aromatic carbocycles. The summed E-state index contributed by atoms with van der Waals surface area (Å²) in [6.45, 7) is 0.499. The molecule has 0 aliphatic rings. The Balaban J connectivity index is 1.76. The molecule has 3 aromatic rings. The summed E-state index contributed by atoms with van der Waals surface area (Å²) in [6.07, 6.45) is 5.38. The SMILES string of the molecule is C#Cc1cc(-c2ccc(OCc3ccccc3)cc2)ccc1[N+](=O)[O-]. The second kappa shape index (κ2) is 7.33. The number of nitrogens with zero attached hydrogens (tertiary/aromatic N) is 1. The number of benzene rings is 3. The molecule has 0 spiro atoms. The van der Waals surface area contributed by atoms with Crippen LogP contribution in [0.2, 0.25) is 0 Å². The van der Waals surface area contributed by atoms with Crippen molar-refractivity contribution in [1.29, 1.82) is 0 Å². The van der Waals surface area contributed by atoms with Gasteiger partial charge in [-0.2, -0.15) is 0 Å². The number of rotatable bonds is 5. The standard InChI is InChI=1S/C21H15NO3/c1-2-17-14-19(10-13-21(17)22(23)24)18-8-11-20(12-9-18)25-15-16-6-4-3-5-7-16/h1,3-14H,15H2. The van der Waals surface area contributed by atoms with Gasteiger partial charge in [-0.1, -0.05) is 48.4 Å². The summed E-state index contributed by atoms with van der Waals surface area (Å²) >= 11 is 0. The molecule has 0 atom stereocenters. The first kappa shape index (κ1) is 16.3. The molecule has 0 amide bonds. The molecule has 0 aliphatic carbocycles. The Morgan fingerprint density at radius 3 is 2.28 bits per heavy atom. The van der Waals surface area contributed by atoms with Gasteiger partial charge in [0.15, 0.2) is 0 Å². The molecular weight excluding hydrogens is 314 g/mol. The summed E-state index contributed by atoms with van der Waals surface area (Å²) in [5.41, 5.74) is 3.05. The molecule has 0 heterocycles. The first-order chi connectivity index (χ1) is 12.2. The van der Waals surface area contributed by atoms with Crippen molar-refractivity contribution in [2.24, 2.45) is 0 Å². The van der Waals surface area contributed by atoms with Crippen LogP contribution in [0.25, 0.3) is 11.1 Å². The molecule has 0 saturated heterocycles. The third-order valence-corrected chi connectivity index (χ3v) is 3.78. The maximum Gasteiger partial charge on any atom is 0.284 e. The van der Waals surface area contributed by atoms with Crippen LogP contribution in [-0.4, -0.2) is 4.92 Å². The van der Waals surface area contributed by atoms with Gasteiger partial charge in [-0.05, 0) is 41.0 Å². The summed E-state index contributed by atoms with van der Waals surface area (Å²) in [7, 11) is 0. The second-order valence-electron chi connectivity index (χ2n) is 5.43. The van der Waals surface area contributed by atoms with Crippen LogP contribution in [0.1, 0.15) is 11.1 Å². The van der Waals surface area contributed by atoms with Crippen molar-refractivity contribution in [2.75, 3.05) is 0 Å². The number of nitro benzene ring substituents is 1. The lowest BCUT2D eigenvalue weighted by atomic mass is 10.0. The van der Waals surface area contributed by atoms with E-state index in [1.54, 1.807) is 12.1 Å². The van der Waals surface area contributed by atoms with Crippen molar-refractivity contribution in [2.45, 2.75) is 6.61 Å². The van der Waals surface area contributed by atoms with Crippen molar-refractivity contribution in [3.05, 3.63) is 94.0 Å². The monoisotopic (exact) mass is 329 g/mol. The van der Waals surface area contributed by atoms with E-state index >= 15 is 0 Å². The highest BCUT2D eigenvalue weighted by Gasteiger charge is 2.13. The molecule has 0 bridgehead atoms. The van der Waals surface area contributed by atoms with E-state index in [0.29, 0.717) is 6.61 Å². The van der Waals surface area contributed by atoms with E-state index < -0.39 is 4.92 Å². The maximum absolute atomic E-state index is 11.0. The van der Waals surface area contributed by atoms with Gasteiger partial charge in [0.25, 0.3) is 5.69 Å². The average Bonchev–Trinajstić information content (AvgIpc) is 2.67. The molecule has 0 aromatic heterocycles. The van der Waals surface area contributed by atoms with Gasteiger partial charge in [0, 0.05) is 6.07 Å². The Hall–Kier alpha value is -3.58. The lowest BCUT2D eigenvalue weighted by Crippen LogP contribution is -1.95. The van der Waals surface area contributed by atoms with Gasteiger partial charge in [-0.25, -0.2) is 0 Å². The first-order valence-electron chi connectivity index (χ1n) is 7.69. The molecule has 0 unspecified atom stereocenters. The van der Waals surface area contributed by atoms with E-state index in [4.69, 9.17) is 11.2 Å². The van der Waals surface area contributed by atoms with Crippen LogP contribution in [0.5, 0.6) is 5.75 Å². The van der Waals surface area contributed by atoms with Gasteiger partial charge in [-0.3, -0.25) is 10.1 Å².